The molecule has 0 aliphatic carbocycles. The van der Waals surface area contributed by atoms with Crippen LogP contribution in [0.5, 0.6) is 0 Å². The number of hydrogen-bond donors (Lipinski definition) is 2. The minimum atomic E-state index is -1.26. The molecule has 1 heterocycles. The Labute approximate surface area is 90.2 Å². The van der Waals surface area contributed by atoms with Crippen LogP contribution in [-0.2, 0) is 0 Å². The van der Waals surface area contributed by atoms with Gasteiger partial charge in [-0.25, -0.2) is 9.59 Å². The molecule has 1 aromatic carbocycles. The summed E-state index contributed by atoms with van der Waals surface area (Å²) < 4.78 is 1.04. The van der Waals surface area contributed by atoms with E-state index in [2.05, 4.69) is 10.1 Å². The number of carboxylic acid groups (broad SMARTS) is 1. The van der Waals surface area contributed by atoms with Gasteiger partial charge in [0.25, 0.3) is 0 Å². The van der Waals surface area contributed by atoms with Gasteiger partial charge in [0.1, 0.15) is 0 Å². The van der Waals surface area contributed by atoms with Crippen LogP contribution in [0.3, 0.4) is 0 Å². The first kappa shape index (κ1) is 10.2. The second-order valence-electron chi connectivity index (χ2n) is 3.28. The van der Waals surface area contributed by atoms with Crippen molar-refractivity contribution in [1.82, 2.24) is 14.8 Å². The van der Waals surface area contributed by atoms with Crippen LogP contribution in [-0.4, -0.2) is 25.8 Å². The maximum Gasteiger partial charge on any atom is 0.373 e. The summed E-state index contributed by atoms with van der Waals surface area (Å²) in [4.78, 5) is 24.3. The molecule has 0 aliphatic rings. The second-order valence-corrected chi connectivity index (χ2v) is 3.28. The van der Waals surface area contributed by atoms with Gasteiger partial charge in [-0.05, 0) is 18.6 Å². The van der Waals surface area contributed by atoms with E-state index in [1.807, 2.05) is 19.1 Å². The lowest BCUT2D eigenvalue weighted by Gasteiger charge is -2.02. The number of hydrogen-bond acceptors (Lipinski definition) is 3. The normalized spacial score (nSPS) is 10.3. The van der Waals surface area contributed by atoms with Crippen molar-refractivity contribution in [1.29, 1.82) is 0 Å². The molecule has 0 saturated carbocycles. The first-order valence-corrected chi connectivity index (χ1v) is 4.58. The average molecular weight is 219 g/mol. The van der Waals surface area contributed by atoms with Gasteiger partial charge in [0.15, 0.2) is 0 Å². The van der Waals surface area contributed by atoms with E-state index in [1.54, 1.807) is 12.1 Å². The number of para-hydroxylation sites is 1. The molecule has 2 aromatic rings. The summed E-state index contributed by atoms with van der Waals surface area (Å²) in [6, 6.07) is 7.10. The van der Waals surface area contributed by atoms with Gasteiger partial charge in [-0.2, -0.15) is 4.68 Å². The lowest BCUT2D eigenvalue weighted by atomic mass is 10.2. The Morgan fingerprint density at radius 3 is 2.69 bits per heavy atom. The molecule has 0 amide bonds. The van der Waals surface area contributed by atoms with E-state index in [9.17, 15) is 9.59 Å². The molecule has 0 atom stereocenters. The summed E-state index contributed by atoms with van der Waals surface area (Å²) in [6.45, 7) is 1.82. The zero-order valence-corrected chi connectivity index (χ0v) is 8.47. The first-order chi connectivity index (χ1) is 7.59. The summed E-state index contributed by atoms with van der Waals surface area (Å²) in [5.41, 5.74) is 0.844. The molecular weight excluding hydrogens is 210 g/mol. The number of nitrogens with zero attached hydrogens (tertiary/aromatic N) is 2. The lowest BCUT2D eigenvalue weighted by Crippen LogP contribution is -2.16. The topological polar surface area (TPSA) is 88.0 Å². The van der Waals surface area contributed by atoms with Gasteiger partial charge in [-0.3, -0.25) is 4.98 Å². The Morgan fingerprint density at radius 2 is 2.12 bits per heavy atom. The number of rotatable bonds is 2. The largest absolute Gasteiger partial charge is 0.475 e. The van der Waals surface area contributed by atoms with E-state index in [0.717, 1.165) is 10.2 Å². The number of aromatic carboxylic acids is 1. The van der Waals surface area contributed by atoms with E-state index in [4.69, 9.17) is 5.11 Å². The van der Waals surface area contributed by atoms with E-state index < -0.39 is 11.7 Å². The summed E-state index contributed by atoms with van der Waals surface area (Å²) in [6.07, 6.45) is 0. The van der Waals surface area contributed by atoms with Crippen LogP contribution >= 0.6 is 0 Å². The Kier molecular flexibility index (Phi) is 2.32. The molecule has 2 N–H and O–H groups in total. The zero-order valence-electron chi connectivity index (χ0n) is 8.47. The van der Waals surface area contributed by atoms with Gasteiger partial charge in [0.2, 0.25) is 5.82 Å². The molecule has 0 radical (unpaired) electrons. The second kappa shape index (κ2) is 3.65. The van der Waals surface area contributed by atoms with Gasteiger partial charge < -0.3 is 5.11 Å². The van der Waals surface area contributed by atoms with E-state index in [-0.39, 0.29) is 5.82 Å². The summed E-state index contributed by atoms with van der Waals surface area (Å²) in [5.74, 6) is -1.63. The van der Waals surface area contributed by atoms with Crippen molar-refractivity contribution in [2.45, 2.75) is 6.92 Å². The number of benzene rings is 1. The molecule has 2 rings (SSSR count). The molecule has 6 heteroatoms. The Bertz CT molecular complexity index is 597. The third kappa shape index (κ3) is 1.60. The van der Waals surface area contributed by atoms with Crippen LogP contribution in [0.2, 0.25) is 0 Å². The molecule has 6 nitrogen and oxygen atoms in total. The van der Waals surface area contributed by atoms with Crippen molar-refractivity contribution >= 4 is 5.97 Å². The predicted octanol–water partition coefficient (Wildman–Crippen LogP) is 0.567. The predicted molar refractivity (Wildman–Crippen MR) is 55.9 cm³/mol. The summed E-state index contributed by atoms with van der Waals surface area (Å²) in [7, 11) is 0. The number of carboxylic acids is 1. The molecular formula is C10H9N3O3. The fourth-order valence-corrected chi connectivity index (χ4v) is 1.39. The van der Waals surface area contributed by atoms with Gasteiger partial charge in [-0.15, -0.1) is 5.10 Å². The fraction of sp³-hybridized carbons (Fsp3) is 0.100. The summed E-state index contributed by atoms with van der Waals surface area (Å²) in [5, 5.41) is 12.4. The zero-order chi connectivity index (χ0) is 11.7. The van der Waals surface area contributed by atoms with Crippen LogP contribution in [0.25, 0.3) is 5.69 Å². The average Bonchev–Trinajstić information content (AvgIpc) is 2.61. The number of carbonyl (C=O) groups is 1. The van der Waals surface area contributed by atoms with Crippen LogP contribution in [0.15, 0.2) is 29.1 Å². The lowest BCUT2D eigenvalue weighted by molar-refractivity contribution is 0.0683. The molecule has 0 fully saturated rings. The standard InChI is InChI=1S/C10H9N3O3/c1-6-4-2-3-5-7(6)13-10(16)11-8(12-13)9(14)15/h2-5H,1H3,(H,14,15)(H,11,12,16). The molecule has 1 aromatic heterocycles. The fourth-order valence-electron chi connectivity index (χ4n) is 1.39. The SMILES string of the molecule is Cc1ccccc1-n1nc(C(=O)O)[nH]c1=O. The summed E-state index contributed by atoms with van der Waals surface area (Å²) >= 11 is 0. The van der Waals surface area contributed by atoms with E-state index >= 15 is 0 Å². The number of aryl methyl sites for hydroxylation is 1. The highest BCUT2D eigenvalue weighted by Gasteiger charge is 2.13. The molecule has 0 aliphatic heterocycles. The number of H-pyrrole nitrogens is 1. The number of nitrogens with one attached hydrogen (secondary N) is 1. The maximum absolute atomic E-state index is 11.5. The molecule has 0 bridgehead atoms. The van der Waals surface area contributed by atoms with Crippen molar-refractivity contribution in [3.8, 4) is 5.69 Å². The molecule has 16 heavy (non-hydrogen) atoms. The number of aromatic nitrogens is 3. The Hall–Kier alpha value is -2.37. The smallest absolute Gasteiger partial charge is 0.373 e. The third-order valence-corrected chi connectivity index (χ3v) is 2.16. The Morgan fingerprint density at radius 1 is 1.44 bits per heavy atom. The van der Waals surface area contributed by atoms with Crippen molar-refractivity contribution in [2.24, 2.45) is 0 Å². The van der Waals surface area contributed by atoms with Crippen molar-refractivity contribution in [2.75, 3.05) is 0 Å². The quantitative estimate of drug-likeness (QED) is 0.772. The molecule has 82 valence electrons. The minimum Gasteiger partial charge on any atom is -0.475 e. The van der Waals surface area contributed by atoms with Gasteiger partial charge in [0, 0.05) is 0 Å². The van der Waals surface area contributed by atoms with E-state index in [1.165, 1.54) is 0 Å². The van der Waals surface area contributed by atoms with Crippen molar-refractivity contribution in [3.05, 3.63) is 46.1 Å². The maximum atomic E-state index is 11.5. The van der Waals surface area contributed by atoms with E-state index in [0.29, 0.717) is 5.69 Å². The molecule has 0 saturated heterocycles. The van der Waals surface area contributed by atoms with Crippen molar-refractivity contribution < 1.29 is 9.90 Å². The van der Waals surface area contributed by atoms with Crippen molar-refractivity contribution in [3.63, 3.8) is 0 Å². The molecule has 0 unspecified atom stereocenters. The van der Waals surface area contributed by atoms with Gasteiger partial charge >= 0.3 is 11.7 Å². The number of aromatic amines is 1. The van der Waals surface area contributed by atoms with Crippen LogP contribution in [0.4, 0.5) is 0 Å². The van der Waals surface area contributed by atoms with Crippen LogP contribution in [0.1, 0.15) is 16.2 Å². The van der Waals surface area contributed by atoms with Crippen LogP contribution < -0.4 is 5.69 Å². The molecule has 0 spiro atoms. The Balaban J connectivity index is 2.61. The van der Waals surface area contributed by atoms with Gasteiger partial charge in [0.05, 0.1) is 5.69 Å². The first-order valence-electron chi connectivity index (χ1n) is 4.58. The monoisotopic (exact) mass is 219 g/mol. The van der Waals surface area contributed by atoms with Gasteiger partial charge in [-0.1, -0.05) is 18.2 Å². The highest BCUT2D eigenvalue weighted by Crippen LogP contribution is 2.09. The minimum absolute atomic E-state index is 0.367. The highest BCUT2D eigenvalue weighted by molar-refractivity contribution is 5.82. The third-order valence-electron chi connectivity index (χ3n) is 2.16. The highest BCUT2D eigenvalue weighted by atomic mass is 16.4. The van der Waals surface area contributed by atoms with Crippen LogP contribution in [0, 0.1) is 6.92 Å².